The van der Waals surface area contributed by atoms with Crippen molar-refractivity contribution < 1.29 is 123 Å². The molecule has 0 aromatic heterocycles. The zero-order chi connectivity index (χ0) is 46.2. The van der Waals surface area contributed by atoms with Crippen LogP contribution in [0.2, 0.25) is 0 Å². The molecule has 6 rings (SSSR count). The molecule has 64 heavy (non-hydrogen) atoms. The summed E-state index contributed by atoms with van der Waals surface area (Å²) in [7, 11) is 0. The van der Waals surface area contributed by atoms with E-state index in [2.05, 4.69) is 0 Å². The third-order valence-corrected chi connectivity index (χ3v) is 12.2. The van der Waals surface area contributed by atoms with Gasteiger partial charge in [0.05, 0.1) is 39.6 Å². The molecule has 0 saturated carbocycles. The van der Waals surface area contributed by atoms with Crippen molar-refractivity contribution in [1.82, 2.24) is 0 Å². The van der Waals surface area contributed by atoms with Crippen molar-refractivity contribution in [3.63, 3.8) is 0 Å². The van der Waals surface area contributed by atoms with Gasteiger partial charge >= 0.3 is 0 Å². The van der Waals surface area contributed by atoms with Crippen LogP contribution in [0.25, 0.3) is 0 Å². The molecule has 0 unspecified atom stereocenters. The van der Waals surface area contributed by atoms with Gasteiger partial charge in [-0.2, -0.15) is 0 Å². The van der Waals surface area contributed by atoms with E-state index in [1.54, 1.807) is 0 Å². The van der Waals surface area contributed by atoms with Gasteiger partial charge in [0.1, 0.15) is 110 Å². The highest BCUT2D eigenvalue weighted by Crippen LogP contribution is 2.36. The lowest BCUT2D eigenvalue weighted by Crippen LogP contribution is -2.48. The summed E-state index contributed by atoms with van der Waals surface area (Å²) in [5.41, 5.74) is 5.54. The van der Waals surface area contributed by atoms with Crippen LogP contribution in [0, 0.1) is 0 Å². The fraction of sp³-hybridized carbons (Fsp3) is 1.00. The van der Waals surface area contributed by atoms with Gasteiger partial charge in [-0.1, -0.05) is 25.7 Å². The van der Waals surface area contributed by atoms with Crippen LogP contribution in [0.3, 0.4) is 0 Å². The molecule has 0 bridgehead atoms. The molecule has 0 aromatic carbocycles. The average Bonchev–Trinajstić information content (AvgIpc) is 4.08. The first-order valence-electron chi connectivity index (χ1n) is 21.8. The highest BCUT2D eigenvalue weighted by Gasteiger charge is 2.56. The fourth-order valence-corrected chi connectivity index (χ4v) is 8.33. The maximum Gasteiger partial charge on any atom is 0.187 e. The number of hydrogen-bond acceptors (Lipinski definition) is 26. The third kappa shape index (κ3) is 12.0. The quantitative estimate of drug-likeness (QED) is 0.0378. The zero-order valence-electron chi connectivity index (χ0n) is 35.0. The standard InChI is InChI=1S/C38H67NO25/c39-7-5-3-1-2-4-6-8-53-33-26(49)23(46)19(60-33)13-54-34-29(52)30(62-38-32(25(48)18(12-43)59-38)64-36-28(51)22(45)16(10-41)57-36)20(61-34)14-55-37-31(24(47)17(11-42)58-37)63-35-27(50)21(44)15(9-40)56-35/h15-38,40-52H,1-14,39H2/t15-,16-,17-,18-,19-,20-,21-,22-,23-,24-,25-,26+,27+,28+,29+,30-,31+,32+,33+,34-,35+,36+,37-,38+/m1/s1. The predicted molar refractivity (Wildman–Crippen MR) is 204 cm³/mol. The zero-order valence-corrected chi connectivity index (χ0v) is 35.0. The van der Waals surface area contributed by atoms with E-state index in [4.69, 9.17) is 62.6 Å². The van der Waals surface area contributed by atoms with Crippen LogP contribution in [0.15, 0.2) is 0 Å². The number of nitrogens with two attached hydrogens (primary N) is 1. The van der Waals surface area contributed by atoms with Crippen molar-refractivity contribution in [3.8, 4) is 0 Å². The van der Waals surface area contributed by atoms with Crippen molar-refractivity contribution in [3.05, 3.63) is 0 Å². The SMILES string of the molecule is NCCCCCCCCO[C@H]1O[C@H](CO[C@@H]2O[C@H](CO[C@@H]3O[C@H](CO)[C@@H](O)[C@@H]3O[C@@H]3O[C@H](CO)[C@@H](O)[C@@H]3O)[C@@H](O[C@@H]3O[C@H](CO)[C@@H](O)[C@@H]3O[C@@H]3O[C@H](CO)[C@@H](O)[C@@H]3O)[C@@H]2O)[C@@H](O)[C@@H]1O. The van der Waals surface area contributed by atoms with Gasteiger partial charge in [-0.25, -0.2) is 0 Å². The van der Waals surface area contributed by atoms with E-state index in [9.17, 15) is 66.4 Å². The first-order valence-corrected chi connectivity index (χ1v) is 21.8. The van der Waals surface area contributed by atoms with Gasteiger partial charge in [-0.3, -0.25) is 0 Å². The minimum absolute atomic E-state index is 0.254. The first kappa shape index (κ1) is 52.3. The second-order valence-corrected chi connectivity index (χ2v) is 16.7. The highest BCUT2D eigenvalue weighted by atomic mass is 16.8. The second kappa shape index (κ2) is 24.5. The van der Waals surface area contributed by atoms with Crippen molar-refractivity contribution in [2.45, 2.75) is 186 Å². The van der Waals surface area contributed by atoms with E-state index in [1.165, 1.54) is 0 Å². The molecule has 6 saturated heterocycles. The Kier molecular flexibility index (Phi) is 20.0. The molecule has 6 heterocycles. The smallest absolute Gasteiger partial charge is 0.187 e. The lowest BCUT2D eigenvalue weighted by Gasteiger charge is -2.30. The summed E-state index contributed by atoms with van der Waals surface area (Å²) in [5.74, 6) is 0. The summed E-state index contributed by atoms with van der Waals surface area (Å²) in [5, 5.41) is 136. The molecule has 374 valence electrons. The molecule has 26 heteroatoms. The Morgan fingerprint density at radius 2 is 0.703 bits per heavy atom. The molecular formula is C38H67NO25. The van der Waals surface area contributed by atoms with Gasteiger partial charge in [0.25, 0.3) is 0 Å². The summed E-state index contributed by atoms with van der Waals surface area (Å²) in [6.07, 6.45) is -30.2. The van der Waals surface area contributed by atoms with Crippen LogP contribution in [-0.2, 0) is 56.8 Å². The van der Waals surface area contributed by atoms with Crippen LogP contribution in [0.1, 0.15) is 38.5 Å². The Balaban J connectivity index is 1.13. The molecule has 0 aromatic rings. The Hall–Kier alpha value is -1.04. The minimum Gasteiger partial charge on any atom is -0.394 e. The highest BCUT2D eigenvalue weighted by molar-refractivity contribution is 4.97. The van der Waals surface area contributed by atoms with Crippen molar-refractivity contribution in [1.29, 1.82) is 0 Å². The number of unbranched alkanes of at least 4 members (excludes halogenated alkanes) is 5. The number of rotatable bonds is 25. The van der Waals surface area contributed by atoms with Gasteiger partial charge in [-0.05, 0) is 19.4 Å². The van der Waals surface area contributed by atoms with Crippen LogP contribution < -0.4 is 5.73 Å². The summed E-state index contributed by atoms with van der Waals surface area (Å²) in [4.78, 5) is 0. The summed E-state index contributed by atoms with van der Waals surface area (Å²) >= 11 is 0. The van der Waals surface area contributed by atoms with Crippen molar-refractivity contribution in [2.24, 2.45) is 5.73 Å². The molecular weight excluding hydrogens is 870 g/mol. The molecule has 0 spiro atoms. The lowest BCUT2D eigenvalue weighted by atomic mass is 10.1. The monoisotopic (exact) mass is 937 g/mol. The number of hydrogen-bond donors (Lipinski definition) is 14. The Labute approximate surface area is 367 Å². The van der Waals surface area contributed by atoms with E-state index in [0.717, 1.165) is 32.1 Å². The number of aliphatic hydroxyl groups is 13. The number of ether oxygens (including phenoxy) is 12. The number of aliphatic hydroxyl groups excluding tert-OH is 13. The van der Waals surface area contributed by atoms with Crippen LogP contribution in [-0.4, -0.2) is 267 Å². The van der Waals surface area contributed by atoms with Gasteiger partial charge in [-0.15, -0.1) is 0 Å². The van der Waals surface area contributed by atoms with E-state index < -0.39 is 187 Å². The molecule has 6 aliphatic heterocycles. The molecule has 0 amide bonds. The molecule has 0 radical (unpaired) electrons. The Morgan fingerprint density at radius 3 is 1.25 bits per heavy atom. The maximum atomic E-state index is 11.7. The van der Waals surface area contributed by atoms with E-state index in [0.29, 0.717) is 13.0 Å². The van der Waals surface area contributed by atoms with Crippen LogP contribution in [0.5, 0.6) is 0 Å². The average molecular weight is 938 g/mol. The Bertz CT molecular complexity index is 1360. The fourth-order valence-electron chi connectivity index (χ4n) is 8.33. The van der Waals surface area contributed by atoms with Gasteiger partial charge in [0.2, 0.25) is 0 Å². The largest absolute Gasteiger partial charge is 0.394 e. The maximum absolute atomic E-state index is 11.7. The summed E-state index contributed by atoms with van der Waals surface area (Å²) in [6, 6.07) is 0. The predicted octanol–water partition coefficient (Wildman–Crippen LogP) is -7.94. The van der Waals surface area contributed by atoms with Crippen molar-refractivity contribution >= 4 is 0 Å². The lowest BCUT2D eigenvalue weighted by molar-refractivity contribution is -0.270. The molecule has 6 fully saturated rings. The molecule has 24 atom stereocenters. The topological polar surface area (TPSA) is 400 Å². The van der Waals surface area contributed by atoms with Crippen LogP contribution >= 0.6 is 0 Å². The molecule has 6 aliphatic rings. The second-order valence-electron chi connectivity index (χ2n) is 16.7. The molecule has 15 N–H and O–H groups in total. The minimum atomic E-state index is -1.75. The normalized spacial score (nSPS) is 47.2. The molecule has 26 nitrogen and oxygen atoms in total. The van der Waals surface area contributed by atoms with E-state index in [-0.39, 0.29) is 6.61 Å². The van der Waals surface area contributed by atoms with E-state index >= 15 is 0 Å². The van der Waals surface area contributed by atoms with Crippen LogP contribution in [0.4, 0.5) is 0 Å². The summed E-state index contributed by atoms with van der Waals surface area (Å²) in [6.45, 7) is -2.97. The van der Waals surface area contributed by atoms with Gasteiger partial charge < -0.3 is 129 Å². The third-order valence-electron chi connectivity index (χ3n) is 12.2. The van der Waals surface area contributed by atoms with Crippen molar-refractivity contribution in [2.75, 3.05) is 52.8 Å². The molecule has 0 aliphatic carbocycles. The summed E-state index contributed by atoms with van der Waals surface area (Å²) < 4.78 is 69.1. The first-order chi connectivity index (χ1) is 30.8. The Morgan fingerprint density at radius 1 is 0.328 bits per heavy atom. The van der Waals surface area contributed by atoms with Gasteiger partial charge in [0, 0.05) is 6.61 Å². The van der Waals surface area contributed by atoms with E-state index in [1.807, 2.05) is 0 Å². The van der Waals surface area contributed by atoms with Gasteiger partial charge in [0.15, 0.2) is 37.7 Å².